The monoisotopic (exact) mass is 388 g/mol. The number of benzene rings is 2. The van der Waals surface area contributed by atoms with E-state index < -0.39 is 16.0 Å². The summed E-state index contributed by atoms with van der Waals surface area (Å²) in [6.45, 7) is 0. The van der Waals surface area contributed by atoms with Crippen LogP contribution in [0.1, 0.15) is 20.0 Å². The van der Waals surface area contributed by atoms with Crippen molar-refractivity contribution in [3.63, 3.8) is 0 Å². The molecule has 0 unspecified atom stereocenters. The van der Waals surface area contributed by atoms with E-state index in [1.807, 2.05) is 0 Å². The highest BCUT2D eigenvalue weighted by Crippen LogP contribution is 2.37. The molecule has 0 radical (unpaired) electrons. The first kappa shape index (κ1) is 16.6. The van der Waals surface area contributed by atoms with E-state index in [0.717, 1.165) is 11.3 Å². The molecule has 0 saturated heterocycles. The van der Waals surface area contributed by atoms with Crippen LogP contribution < -0.4 is 10.0 Å². The van der Waals surface area contributed by atoms with E-state index >= 15 is 0 Å². The lowest BCUT2D eigenvalue weighted by Gasteiger charge is -2.10. The zero-order valence-corrected chi connectivity index (χ0v) is 15.0. The maximum Gasteiger partial charge on any atom is 0.348 e. The Labute approximate surface area is 152 Å². The molecule has 4 rings (SSSR count). The van der Waals surface area contributed by atoms with Crippen LogP contribution in [-0.4, -0.2) is 27.4 Å². The average molecular weight is 388 g/mol. The minimum Gasteiger partial charge on any atom is -0.465 e. The number of esters is 1. The molecular weight excluding hydrogens is 376 g/mol. The molecule has 2 aromatic carbocycles. The number of carbonyl (C=O) groups excluding carboxylic acids is 2. The Morgan fingerprint density at radius 2 is 1.96 bits per heavy atom. The van der Waals surface area contributed by atoms with E-state index in [0.29, 0.717) is 31.9 Å². The predicted octanol–water partition coefficient (Wildman–Crippen LogP) is 3.05. The SMILES string of the molecule is COC(=O)c1ccc(NS(=O)(=O)c2ccc3c4c(cccc24)C(=O)N3)s1. The Kier molecular flexibility index (Phi) is 3.70. The minimum absolute atomic E-state index is 0.0580. The second-order valence-electron chi connectivity index (χ2n) is 5.55. The first-order chi connectivity index (χ1) is 12.4. The van der Waals surface area contributed by atoms with Gasteiger partial charge in [0.05, 0.1) is 12.0 Å². The number of methoxy groups -OCH3 is 1. The highest BCUT2D eigenvalue weighted by molar-refractivity contribution is 7.93. The summed E-state index contributed by atoms with van der Waals surface area (Å²) < 4.78 is 32.8. The molecule has 1 aliphatic rings. The molecule has 132 valence electrons. The van der Waals surface area contributed by atoms with Crippen molar-refractivity contribution in [1.82, 2.24) is 0 Å². The van der Waals surface area contributed by atoms with Gasteiger partial charge in [0, 0.05) is 22.0 Å². The minimum atomic E-state index is -3.91. The molecule has 1 aromatic heterocycles. The molecule has 0 fully saturated rings. The van der Waals surface area contributed by atoms with Crippen molar-refractivity contribution in [3.8, 4) is 0 Å². The summed E-state index contributed by atoms with van der Waals surface area (Å²) >= 11 is 0.980. The average Bonchev–Trinajstić information content (AvgIpc) is 3.20. The lowest BCUT2D eigenvalue weighted by molar-refractivity contribution is 0.0606. The molecule has 26 heavy (non-hydrogen) atoms. The van der Waals surface area contributed by atoms with E-state index in [4.69, 9.17) is 0 Å². The first-order valence-electron chi connectivity index (χ1n) is 7.49. The van der Waals surface area contributed by atoms with Gasteiger partial charge in [-0.1, -0.05) is 12.1 Å². The quantitative estimate of drug-likeness (QED) is 0.669. The Hall–Kier alpha value is -2.91. The van der Waals surface area contributed by atoms with Crippen LogP contribution in [0.25, 0.3) is 10.8 Å². The third-order valence-corrected chi connectivity index (χ3v) is 6.54. The highest BCUT2D eigenvalue weighted by Gasteiger charge is 2.26. The van der Waals surface area contributed by atoms with E-state index in [-0.39, 0.29) is 10.8 Å². The summed E-state index contributed by atoms with van der Waals surface area (Å²) in [5.41, 5.74) is 1.03. The predicted molar refractivity (Wildman–Crippen MR) is 98.4 cm³/mol. The van der Waals surface area contributed by atoms with Gasteiger partial charge >= 0.3 is 5.97 Å². The fraction of sp³-hybridized carbons (Fsp3) is 0.0588. The van der Waals surface area contributed by atoms with E-state index in [1.165, 1.54) is 25.3 Å². The second kappa shape index (κ2) is 5.82. The molecule has 0 atom stereocenters. The summed E-state index contributed by atoms with van der Waals surface area (Å²) in [5, 5.41) is 4.05. The first-order valence-corrected chi connectivity index (χ1v) is 9.79. The standard InChI is InChI=1S/C17H12N2O5S2/c1-24-17(21)12-6-8-14(25-12)19-26(22,23)13-7-5-11-15-9(13)3-2-4-10(15)16(20)18-11/h2-8,19H,1H3,(H,18,20). The summed E-state index contributed by atoms with van der Waals surface area (Å²) in [6, 6.07) is 11.0. The zero-order valence-electron chi connectivity index (χ0n) is 13.4. The van der Waals surface area contributed by atoms with Gasteiger partial charge < -0.3 is 10.1 Å². The molecule has 7 nitrogen and oxygen atoms in total. The fourth-order valence-corrected chi connectivity index (χ4v) is 5.21. The van der Waals surface area contributed by atoms with Crippen LogP contribution in [0, 0.1) is 0 Å². The number of hydrogen-bond donors (Lipinski definition) is 2. The topological polar surface area (TPSA) is 102 Å². The molecule has 2 heterocycles. The lowest BCUT2D eigenvalue weighted by atomic mass is 10.1. The summed E-state index contributed by atoms with van der Waals surface area (Å²) in [7, 11) is -2.66. The molecule has 3 aromatic rings. The maximum absolute atomic E-state index is 12.9. The Morgan fingerprint density at radius 1 is 1.15 bits per heavy atom. The lowest BCUT2D eigenvalue weighted by Crippen LogP contribution is -2.12. The number of anilines is 2. The molecule has 9 heteroatoms. The molecular formula is C17H12N2O5S2. The Morgan fingerprint density at radius 3 is 2.73 bits per heavy atom. The molecule has 1 aliphatic heterocycles. The van der Waals surface area contributed by atoms with Crippen LogP contribution >= 0.6 is 11.3 Å². The van der Waals surface area contributed by atoms with Gasteiger partial charge in [-0.2, -0.15) is 0 Å². The van der Waals surface area contributed by atoms with Gasteiger partial charge in [-0.15, -0.1) is 11.3 Å². The number of hydrogen-bond acceptors (Lipinski definition) is 6. The highest BCUT2D eigenvalue weighted by atomic mass is 32.2. The fourth-order valence-electron chi connectivity index (χ4n) is 2.89. The third-order valence-electron chi connectivity index (χ3n) is 4.01. The second-order valence-corrected chi connectivity index (χ2v) is 8.29. The van der Waals surface area contributed by atoms with Crippen molar-refractivity contribution < 1.29 is 22.7 Å². The summed E-state index contributed by atoms with van der Waals surface area (Å²) in [5.74, 6) is -0.788. The largest absolute Gasteiger partial charge is 0.465 e. The Bertz CT molecular complexity index is 1180. The molecule has 0 bridgehead atoms. The van der Waals surface area contributed by atoms with Gasteiger partial charge in [-0.25, -0.2) is 13.2 Å². The maximum atomic E-state index is 12.9. The van der Waals surface area contributed by atoms with Crippen LogP contribution in [0.3, 0.4) is 0 Å². The van der Waals surface area contributed by atoms with Crippen molar-refractivity contribution in [3.05, 3.63) is 52.9 Å². The van der Waals surface area contributed by atoms with Crippen LogP contribution in [0.15, 0.2) is 47.4 Å². The van der Waals surface area contributed by atoms with Crippen molar-refractivity contribution in [1.29, 1.82) is 0 Å². The number of amides is 1. The van der Waals surface area contributed by atoms with Gasteiger partial charge in [0.1, 0.15) is 9.88 Å². The van der Waals surface area contributed by atoms with Gasteiger partial charge in [0.2, 0.25) is 0 Å². The Balaban J connectivity index is 1.78. The number of thiophene rings is 1. The van der Waals surface area contributed by atoms with Gasteiger partial charge in [0.15, 0.2) is 0 Å². The smallest absolute Gasteiger partial charge is 0.348 e. The number of carbonyl (C=O) groups is 2. The van der Waals surface area contributed by atoms with Crippen LogP contribution in [0.4, 0.5) is 10.7 Å². The van der Waals surface area contributed by atoms with Crippen LogP contribution in [0.5, 0.6) is 0 Å². The van der Waals surface area contributed by atoms with E-state index in [9.17, 15) is 18.0 Å². The van der Waals surface area contributed by atoms with Crippen LogP contribution in [-0.2, 0) is 14.8 Å². The molecule has 0 spiro atoms. The van der Waals surface area contributed by atoms with Crippen LogP contribution in [0.2, 0.25) is 0 Å². The van der Waals surface area contributed by atoms with Crippen molar-refractivity contribution in [2.24, 2.45) is 0 Å². The third kappa shape index (κ3) is 2.52. The van der Waals surface area contributed by atoms with E-state index in [1.54, 1.807) is 24.3 Å². The molecule has 0 aliphatic carbocycles. The van der Waals surface area contributed by atoms with Crippen molar-refractivity contribution >= 4 is 54.7 Å². The molecule has 2 N–H and O–H groups in total. The number of ether oxygens (including phenoxy) is 1. The van der Waals surface area contributed by atoms with Gasteiger partial charge in [-0.05, 0) is 30.3 Å². The normalized spacial score (nSPS) is 12.9. The summed E-state index contributed by atoms with van der Waals surface area (Å²) in [4.78, 5) is 23.8. The van der Waals surface area contributed by atoms with Gasteiger partial charge in [-0.3, -0.25) is 9.52 Å². The number of rotatable bonds is 4. The number of sulfonamides is 1. The number of nitrogens with one attached hydrogen (secondary N) is 2. The van der Waals surface area contributed by atoms with Crippen molar-refractivity contribution in [2.75, 3.05) is 17.1 Å². The summed E-state index contributed by atoms with van der Waals surface area (Å²) in [6.07, 6.45) is 0. The zero-order chi connectivity index (χ0) is 18.5. The van der Waals surface area contributed by atoms with Gasteiger partial charge in [0.25, 0.3) is 15.9 Å². The van der Waals surface area contributed by atoms with E-state index in [2.05, 4.69) is 14.8 Å². The molecule has 0 saturated carbocycles. The van der Waals surface area contributed by atoms with Crippen molar-refractivity contribution in [2.45, 2.75) is 4.90 Å². The molecule has 1 amide bonds.